The zero-order chi connectivity index (χ0) is 17.6. The average molecular weight is 361 g/mol. The molecule has 1 aliphatic rings. The van der Waals surface area contributed by atoms with Crippen molar-refractivity contribution in [3.63, 3.8) is 0 Å². The van der Waals surface area contributed by atoms with Gasteiger partial charge in [0.2, 0.25) is 5.88 Å². The van der Waals surface area contributed by atoms with Crippen LogP contribution in [0.3, 0.4) is 0 Å². The Kier molecular flexibility index (Phi) is 5.60. The lowest BCUT2D eigenvalue weighted by atomic mass is 10.2. The fourth-order valence-electron chi connectivity index (χ4n) is 2.67. The number of thiazole rings is 1. The number of carbonyl (C=O) groups excluding carboxylic acids is 1. The van der Waals surface area contributed by atoms with Crippen molar-refractivity contribution in [1.29, 1.82) is 0 Å². The predicted molar refractivity (Wildman–Crippen MR) is 92.2 cm³/mol. The maximum atomic E-state index is 12.1. The fraction of sp³-hybridized carbons (Fsp3) is 0.412. The van der Waals surface area contributed by atoms with Crippen LogP contribution in [0.15, 0.2) is 23.7 Å². The van der Waals surface area contributed by atoms with Crippen LogP contribution in [-0.2, 0) is 6.42 Å². The molecule has 0 aliphatic heterocycles. The number of carbonyl (C=O) groups is 2. The first-order valence-electron chi connectivity index (χ1n) is 8.20. The van der Waals surface area contributed by atoms with E-state index in [2.05, 4.69) is 15.3 Å². The Hall–Kier alpha value is -2.48. The molecule has 25 heavy (non-hydrogen) atoms. The molecule has 0 radical (unpaired) electrons. The van der Waals surface area contributed by atoms with Crippen molar-refractivity contribution in [3.8, 4) is 5.88 Å². The number of hydrogen-bond acceptors (Lipinski definition) is 6. The van der Waals surface area contributed by atoms with E-state index in [1.54, 1.807) is 12.1 Å². The molecule has 0 bridgehead atoms. The van der Waals surface area contributed by atoms with Crippen molar-refractivity contribution in [2.75, 3.05) is 6.54 Å². The molecule has 2 aromatic rings. The molecule has 0 atom stereocenters. The van der Waals surface area contributed by atoms with Gasteiger partial charge in [0.25, 0.3) is 5.91 Å². The van der Waals surface area contributed by atoms with Crippen LogP contribution in [0.25, 0.3) is 0 Å². The molecule has 0 saturated heterocycles. The number of hydrogen-bond donors (Lipinski definition) is 2. The van der Waals surface area contributed by atoms with Gasteiger partial charge in [0.15, 0.2) is 5.69 Å². The van der Waals surface area contributed by atoms with Gasteiger partial charge in [0.1, 0.15) is 6.10 Å². The average Bonchev–Trinajstić information content (AvgIpc) is 3.27. The van der Waals surface area contributed by atoms with Crippen molar-refractivity contribution in [1.82, 2.24) is 15.3 Å². The van der Waals surface area contributed by atoms with Crippen LogP contribution in [0, 0.1) is 0 Å². The number of nitrogens with one attached hydrogen (secondary N) is 1. The lowest BCUT2D eigenvalue weighted by Gasteiger charge is -2.12. The smallest absolute Gasteiger partial charge is 0.355 e. The third-order valence-corrected chi connectivity index (χ3v) is 4.89. The molecular formula is C17H19N3O4S. The van der Waals surface area contributed by atoms with Crippen molar-refractivity contribution in [3.05, 3.63) is 40.0 Å². The van der Waals surface area contributed by atoms with Gasteiger partial charge < -0.3 is 15.2 Å². The maximum absolute atomic E-state index is 12.1. The summed E-state index contributed by atoms with van der Waals surface area (Å²) >= 11 is 1.27. The van der Waals surface area contributed by atoms with E-state index in [0.29, 0.717) is 29.4 Å². The molecule has 0 spiro atoms. The molecule has 1 aliphatic carbocycles. The highest BCUT2D eigenvalue weighted by molar-refractivity contribution is 7.09. The summed E-state index contributed by atoms with van der Waals surface area (Å²) < 4.78 is 5.77. The standard InChI is InChI=1S/C17H19N3O4S/c21-16(18-8-7-15-20-13(10-25-15)17(22)23)11-5-6-14(19-9-11)24-12-3-1-2-4-12/h5-6,9-10,12H,1-4,7-8H2,(H,18,21)(H,22,23). The molecule has 0 unspecified atom stereocenters. The van der Waals surface area contributed by atoms with E-state index in [0.717, 1.165) is 12.8 Å². The van der Waals surface area contributed by atoms with Crippen LogP contribution < -0.4 is 10.1 Å². The van der Waals surface area contributed by atoms with Crippen molar-refractivity contribution in [2.45, 2.75) is 38.2 Å². The van der Waals surface area contributed by atoms with Gasteiger partial charge in [-0.1, -0.05) is 0 Å². The Morgan fingerprint density at radius 1 is 1.32 bits per heavy atom. The highest BCUT2D eigenvalue weighted by Crippen LogP contribution is 2.22. The fourth-order valence-corrected chi connectivity index (χ4v) is 3.44. The summed E-state index contributed by atoms with van der Waals surface area (Å²) in [6.45, 7) is 0.381. The normalized spacial score (nSPS) is 14.4. The topological polar surface area (TPSA) is 101 Å². The highest BCUT2D eigenvalue weighted by atomic mass is 32.1. The molecule has 2 aromatic heterocycles. The summed E-state index contributed by atoms with van der Waals surface area (Å²) in [4.78, 5) is 31.0. The SMILES string of the molecule is O=C(NCCc1nc(C(=O)O)cs1)c1ccc(OC2CCCC2)nc1. The molecular weight excluding hydrogens is 342 g/mol. The third-order valence-electron chi connectivity index (χ3n) is 3.98. The Morgan fingerprint density at radius 3 is 2.76 bits per heavy atom. The first-order valence-corrected chi connectivity index (χ1v) is 9.08. The minimum atomic E-state index is -1.04. The number of ether oxygens (including phenoxy) is 1. The molecule has 1 saturated carbocycles. The molecule has 8 heteroatoms. The van der Waals surface area contributed by atoms with Gasteiger partial charge in [-0.3, -0.25) is 4.79 Å². The van der Waals surface area contributed by atoms with E-state index in [4.69, 9.17) is 9.84 Å². The van der Waals surface area contributed by atoms with Crippen LogP contribution in [0.5, 0.6) is 5.88 Å². The predicted octanol–water partition coefficient (Wildman–Crippen LogP) is 2.53. The first-order chi connectivity index (χ1) is 12.1. The minimum Gasteiger partial charge on any atom is -0.476 e. The Bertz CT molecular complexity index is 739. The number of rotatable bonds is 7. The summed E-state index contributed by atoms with van der Waals surface area (Å²) in [5.74, 6) is -0.722. The number of aromatic nitrogens is 2. The highest BCUT2D eigenvalue weighted by Gasteiger charge is 2.17. The van der Waals surface area contributed by atoms with Gasteiger partial charge in [-0.15, -0.1) is 11.3 Å². The second-order valence-corrected chi connectivity index (χ2v) is 6.79. The zero-order valence-corrected chi connectivity index (χ0v) is 14.4. The number of aromatic carboxylic acids is 1. The molecule has 7 nitrogen and oxygen atoms in total. The Labute approximate surface area is 149 Å². The molecule has 1 amide bonds. The van der Waals surface area contributed by atoms with E-state index in [9.17, 15) is 9.59 Å². The van der Waals surface area contributed by atoms with E-state index in [1.165, 1.54) is 35.8 Å². The summed E-state index contributed by atoms with van der Waals surface area (Å²) in [7, 11) is 0. The van der Waals surface area contributed by atoms with Gasteiger partial charge >= 0.3 is 5.97 Å². The van der Waals surface area contributed by atoms with Crippen molar-refractivity contribution < 1.29 is 19.4 Å². The quantitative estimate of drug-likeness (QED) is 0.786. The van der Waals surface area contributed by atoms with Gasteiger partial charge in [0.05, 0.1) is 10.6 Å². The minimum absolute atomic E-state index is 0.0355. The lowest BCUT2D eigenvalue weighted by molar-refractivity contribution is 0.0690. The van der Waals surface area contributed by atoms with Crippen LogP contribution in [0.1, 0.15) is 51.5 Å². The van der Waals surface area contributed by atoms with Gasteiger partial charge in [-0.25, -0.2) is 14.8 Å². The molecule has 2 N–H and O–H groups in total. The summed E-state index contributed by atoms with van der Waals surface area (Å²) in [6, 6.07) is 3.41. The van der Waals surface area contributed by atoms with E-state index in [-0.39, 0.29) is 17.7 Å². The Morgan fingerprint density at radius 2 is 2.12 bits per heavy atom. The summed E-state index contributed by atoms with van der Waals surface area (Å²) in [5.41, 5.74) is 0.498. The van der Waals surface area contributed by atoms with Gasteiger partial charge in [-0.2, -0.15) is 0 Å². The number of pyridine rings is 1. The second-order valence-electron chi connectivity index (χ2n) is 5.85. The monoisotopic (exact) mass is 361 g/mol. The van der Waals surface area contributed by atoms with Crippen molar-refractivity contribution in [2.24, 2.45) is 0 Å². The maximum Gasteiger partial charge on any atom is 0.355 e. The van der Waals surface area contributed by atoms with Crippen LogP contribution in [0.2, 0.25) is 0 Å². The lowest BCUT2D eigenvalue weighted by Crippen LogP contribution is -2.25. The first kappa shape index (κ1) is 17.3. The van der Waals surface area contributed by atoms with Gasteiger partial charge in [0, 0.05) is 30.6 Å². The molecule has 3 rings (SSSR count). The number of carboxylic acids is 1. The van der Waals surface area contributed by atoms with Crippen molar-refractivity contribution >= 4 is 23.2 Å². The Balaban J connectivity index is 1.46. The zero-order valence-electron chi connectivity index (χ0n) is 13.6. The molecule has 2 heterocycles. The number of nitrogens with zero attached hydrogens (tertiary/aromatic N) is 2. The van der Waals surface area contributed by atoms with Crippen LogP contribution >= 0.6 is 11.3 Å². The van der Waals surface area contributed by atoms with E-state index >= 15 is 0 Å². The summed E-state index contributed by atoms with van der Waals surface area (Å²) in [6.07, 6.45) is 6.73. The largest absolute Gasteiger partial charge is 0.476 e. The third kappa shape index (κ3) is 4.76. The van der Waals surface area contributed by atoms with Gasteiger partial charge in [-0.05, 0) is 31.7 Å². The molecule has 132 valence electrons. The molecule has 1 fully saturated rings. The second kappa shape index (κ2) is 8.06. The van der Waals surface area contributed by atoms with Crippen LogP contribution in [-0.4, -0.2) is 39.6 Å². The van der Waals surface area contributed by atoms with Crippen LogP contribution in [0.4, 0.5) is 0 Å². The number of carboxylic acid groups (broad SMARTS) is 1. The number of amides is 1. The molecule has 0 aromatic carbocycles. The van der Waals surface area contributed by atoms with E-state index < -0.39 is 5.97 Å². The van der Waals surface area contributed by atoms with E-state index in [1.807, 2.05) is 0 Å². The summed E-state index contributed by atoms with van der Waals surface area (Å²) in [5, 5.41) is 13.8.